The van der Waals surface area contributed by atoms with E-state index in [1.807, 2.05) is 42.5 Å². The standard InChI is InChI=1S/C15H9ClN2O/c16-15-17-11-7-3-6-10-12(11)13(18-15)8-4-1-2-5-9(8)14(10)19/h1-7,10,12H. The van der Waals surface area contributed by atoms with Gasteiger partial charge in [-0.15, -0.1) is 0 Å². The zero-order valence-corrected chi connectivity index (χ0v) is 10.6. The molecule has 3 nitrogen and oxygen atoms in total. The van der Waals surface area contributed by atoms with Gasteiger partial charge < -0.3 is 0 Å². The number of ketones is 1. The Bertz CT molecular complexity index is 727. The van der Waals surface area contributed by atoms with E-state index in [0.717, 1.165) is 22.5 Å². The Morgan fingerprint density at radius 3 is 2.74 bits per heavy atom. The Labute approximate surface area is 115 Å². The summed E-state index contributed by atoms with van der Waals surface area (Å²) in [7, 11) is 0. The van der Waals surface area contributed by atoms with Crippen molar-refractivity contribution in [2.75, 3.05) is 0 Å². The molecule has 0 N–H and O–H groups in total. The Balaban J connectivity index is 2.05. The Morgan fingerprint density at radius 2 is 1.89 bits per heavy atom. The largest absolute Gasteiger partial charge is 0.293 e. The van der Waals surface area contributed by atoms with Crippen molar-refractivity contribution in [2.45, 2.75) is 0 Å². The van der Waals surface area contributed by atoms with Crippen molar-refractivity contribution in [3.8, 4) is 0 Å². The highest BCUT2D eigenvalue weighted by Crippen LogP contribution is 2.40. The first-order chi connectivity index (χ1) is 9.25. The number of nitrogens with zero attached hydrogens (tertiary/aromatic N) is 2. The molecule has 0 bridgehead atoms. The number of aliphatic imine (C=N–C) groups is 2. The van der Waals surface area contributed by atoms with Crippen LogP contribution in [0.1, 0.15) is 15.9 Å². The molecule has 2 aliphatic carbocycles. The number of hydrogen-bond acceptors (Lipinski definition) is 3. The Hall–Kier alpha value is -2.00. The molecule has 3 aliphatic rings. The zero-order chi connectivity index (χ0) is 13.0. The van der Waals surface area contributed by atoms with E-state index in [-0.39, 0.29) is 22.9 Å². The maximum Gasteiger partial charge on any atom is 0.222 e. The second-order valence-corrected chi connectivity index (χ2v) is 5.11. The number of benzene rings is 1. The molecule has 0 spiro atoms. The van der Waals surface area contributed by atoms with Crippen LogP contribution in [-0.2, 0) is 0 Å². The number of Topliss-reactive ketones (excluding diaryl/α,β-unsaturated/α-hetero) is 1. The molecule has 92 valence electrons. The van der Waals surface area contributed by atoms with Crippen LogP contribution in [0.3, 0.4) is 0 Å². The Morgan fingerprint density at radius 1 is 1.11 bits per heavy atom. The summed E-state index contributed by atoms with van der Waals surface area (Å²) >= 11 is 6.00. The Kier molecular flexibility index (Phi) is 2.15. The third-order valence-corrected chi connectivity index (χ3v) is 3.93. The topological polar surface area (TPSA) is 41.8 Å². The number of fused-ring (bicyclic) bond motifs is 2. The van der Waals surface area contributed by atoms with Crippen molar-refractivity contribution in [1.29, 1.82) is 0 Å². The molecule has 0 fully saturated rings. The summed E-state index contributed by atoms with van der Waals surface area (Å²) in [6, 6.07) is 7.56. The van der Waals surface area contributed by atoms with Gasteiger partial charge in [0.1, 0.15) is 0 Å². The molecule has 0 radical (unpaired) electrons. The van der Waals surface area contributed by atoms with Gasteiger partial charge in [0, 0.05) is 11.1 Å². The van der Waals surface area contributed by atoms with Gasteiger partial charge in [0.05, 0.1) is 23.2 Å². The van der Waals surface area contributed by atoms with E-state index in [4.69, 9.17) is 11.6 Å². The third-order valence-electron chi connectivity index (χ3n) is 3.76. The van der Waals surface area contributed by atoms with Crippen LogP contribution in [0.15, 0.2) is 58.2 Å². The van der Waals surface area contributed by atoms with E-state index in [1.54, 1.807) is 0 Å². The molecule has 4 heteroatoms. The lowest BCUT2D eigenvalue weighted by Crippen LogP contribution is -2.39. The zero-order valence-electron chi connectivity index (χ0n) is 9.88. The fourth-order valence-corrected chi connectivity index (χ4v) is 3.15. The van der Waals surface area contributed by atoms with E-state index in [1.165, 1.54) is 0 Å². The monoisotopic (exact) mass is 268 g/mol. The van der Waals surface area contributed by atoms with Gasteiger partial charge in [-0.25, -0.2) is 9.98 Å². The lowest BCUT2D eigenvalue weighted by molar-refractivity contribution is 0.0927. The molecule has 4 rings (SSSR count). The smallest absolute Gasteiger partial charge is 0.222 e. The van der Waals surface area contributed by atoms with Crippen molar-refractivity contribution in [3.05, 3.63) is 59.3 Å². The molecule has 19 heavy (non-hydrogen) atoms. The highest BCUT2D eigenvalue weighted by atomic mass is 35.5. The summed E-state index contributed by atoms with van der Waals surface area (Å²) in [5.41, 5.74) is 3.28. The quantitative estimate of drug-likeness (QED) is 0.667. The summed E-state index contributed by atoms with van der Waals surface area (Å²) in [6.07, 6.45) is 5.70. The average Bonchev–Trinajstić information content (AvgIpc) is 2.44. The first-order valence-corrected chi connectivity index (χ1v) is 6.48. The summed E-state index contributed by atoms with van der Waals surface area (Å²) in [6.45, 7) is 0. The fourth-order valence-electron chi connectivity index (χ4n) is 2.96. The van der Waals surface area contributed by atoms with Gasteiger partial charge in [-0.1, -0.05) is 36.4 Å². The maximum atomic E-state index is 12.5. The number of halogens is 1. The molecular weight excluding hydrogens is 260 g/mol. The van der Waals surface area contributed by atoms with Crippen LogP contribution in [0.25, 0.3) is 0 Å². The molecule has 0 aromatic heterocycles. The van der Waals surface area contributed by atoms with E-state index >= 15 is 0 Å². The fraction of sp³-hybridized carbons (Fsp3) is 0.133. The molecule has 1 aromatic rings. The SMILES string of the molecule is O=C1c2ccccc2C2=NC(Cl)=NC3=CC=CC1C32. The van der Waals surface area contributed by atoms with Crippen LogP contribution in [0.2, 0.25) is 0 Å². The van der Waals surface area contributed by atoms with E-state index < -0.39 is 0 Å². The lowest BCUT2D eigenvalue weighted by Gasteiger charge is -2.35. The van der Waals surface area contributed by atoms with Crippen molar-refractivity contribution in [2.24, 2.45) is 21.8 Å². The summed E-state index contributed by atoms with van der Waals surface area (Å²) < 4.78 is 0. The normalized spacial score (nSPS) is 27.0. The number of amidine groups is 1. The molecule has 1 aromatic carbocycles. The van der Waals surface area contributed by atoms with E-state index in [9.17, 15) is 4.79 Å². The second kappa shape index (κ2) is 3.75. The highest BCUT2D eigenvalue weighted by Gasteiger charge is 2.42. The van der Waals surface area contributed by atoms with Gasteiger partial charge in [-0.2, -0.15) is 0 Å². The van der Waals surface area contributed by atoms with Crippen molar-refractivity contribution >= 4 is 28.4 Å². The predicted molar refractivity (Wildman–Crippen MR) is 74.8 cm³/mol. The van der Waals surface area contributed by atoms with Crippen molar-refractivity contribution in [1.82, 2.24) is 0 Å². The van der Waals surface area contributed by atoms with Gasteiger partial charge in [-0.3, -0.25) is 4.79 Å². The van der Waals surface area contributed by atoms with Gasteiger partial charge in [0.15, 0.2) is 5.78 Å². The van der Waals surface area contributed by atoms with Crippen LogP contribution in [0.4, 0.5) is 0 Å². The minimum absolute atomic E-state index is 0.0881. The minimum atomic E-state index is -0.206. The molecule has 0 saturated heterocycles. The highest BCUT2D eigenvalue weighted by molar-refractivity contribution is 6.66. The number of allylic oxidation sites excluding steroid dienone is 4. The van der Waals surface area contributed by atoms with Crippen LogP contribution < -0.4 is 0 Å². The van der Waals surface area contributed by atoms with Gasteiger partial charge in [0.2, 0.25) is 5.29 Å². The van der Waals surface area contributed by atoms with E-state index in [0.29, 0.717) is 0 Å². The average molecular weight is 269 g/mol. The van der Waals surface area contributed by atoms with Crippen LogP contribution in [0.5, 0.6) is 0 Å². The summed E-state index contributed by atoms with van der Waals surface area (Å²) in [4.78, 5) is 21.2. The minimum Gasteiger partial charge on any atom is -0.293 e. The lowest BCUT2D eigenvalue weighted by atomic mass is 9.70. The summed E-state index contributed by atoms with van der Waals surface area (Å²) in [5, 5.41) is 0.232. The molecule has 0 saturated carbocycles. The van der Waals surface area contributed by atoms with Crippen LogP contribution in [-0.4, -0.2) is 16.8 Å². The number of hydrogen-bond donors (Lipinski definition) is 0. The first kappa shape index (κ1) is 10.9. The number of carbonyl (C=O) groups is 1. The molecule has 0 amide bonds. The number of rotatable bonds is 0. The maximum absolute atomic E-state index is 12.5. The molecule has 2 atom stereocenters. The first-order valence-electron chi connectivity index (χ1n) is 6.10. The van der Waals surface area contributed by atoms with Crippen LogP contribution >= 0.6 is 11.6 Å². The summed E-state index contributed by atoms with van der Waals surface area (Å²) in [5.74, 6) is -0.160. The molecule has 1 aliphatic heterocycles. The van der Waals surface area contributed by atoms with Gasteiger partial charge in [-0.05, 0) is 17.7 Å². The second-order valence-electron chi connectivity index (χ2n) is 4.77. The third kappa shape index (κ3) is 1.42. The van der Waals surface area contributed by atoms with Crippen molar-refractivity contribution in [3.63, 3.8) is 0 Å². The van der Waals surface area contributed by atoms with Gasteiger partial charge in [0.25, 0.3) is 0 Å². The molecule has 2 unspecified atom stereocenters. The van der Waals surface area contributed by atoms with Crippen LogP contribution in [0, 0.1) is 11.8 Å². The number of carbonyl (C=O) groups excluding carboxylic acids is 1. The predicted octanol–water partition coefficient (Wildman–Crippen LogP) is 2.97. The van der Waals surface area contributed by atoms with Gasteiger partial charge >= 0.3 is 0 Å². The van der Waals surface area contributed by atoms with E-state index in [2.05, 4.69) is 9.98 Å². The van der Waals surface area contributed by atoms with Crippen molar-refractivity contribution < 1.29 is 4.79 Å². The molecular formula is C15H9ClN2O. The molecule has 1 heterocycles.